The number of allylic oxidation sites excluding steroid dienone is 2. The molecular formula is C30H37NO6S. The van der Waals surface area contributed by atoms with Crippen LogP contribution in [0.1, 0.15) is 87.2 Å². The number of aliphatic hydroxyl groups is 1. The number of carboxylic acids is 1. The van der Waals surface area contributed by atoms with Gasteiger partial charge in [-0.15, -0.1) is 11.3 Å². The summed E-state index contributed by atoms with van der Waals surface area (Å²) in [5.74, 6) is 5.54. The highest BCUT2D eigenvalue weighted by Gasteiger charge is 2.41. The minimum Gasteiger partial charge on any atom is -0.487 e. The molecule has 0 bridgehead atoms. The highest BCUT2D eigenvalue weighted by atomic mass is 32.1. The standard InChI is InChI=1S/C30H37NO6S/c1-20-5-7-21(8-6-20)27(32)31(25-17-24(11-13-29(2,3)4)38-26(25)28(33)34)22-9-14-30(35,15-10-22)19-37-23-12-16-36-18-23/h5,12,16-18,21-22,35H,6-10,14-15,19H2,1-4H3,(H,33,34)/t21-,22-,30-/m0/s1. The molecule has 2 aliphatic carbocycles. The zero-order valence-electron chi connectivity index (χ0n) is 22.6. The average molecular weight is 540 g/mol. The van der Waals surface area contributed by atoms with Crippen LogP contribution in [0.2, 0.25) is 0 Å². The van der Waals surface area contributed by atoms with Gasteiger partial charge in [0.1, 0.15) is 17.7 Å². The van der Waals surface area contributed by atoms with Crippen LogP contribution in [0.15, 0.2) is 40.7 Å². The highest BCUT2D eigenvalue weighted by molar-refractivity contribution is 7.15. The maximum Gasteiger partial charge on any atom is 0.348 e. The van der Waals surface area contributed by atoms with Crippen molar-refractivity contribution in [2.45, 2.75) is 84.3 Å². The Labute approximate surface area is 228 Å². The summed E-state index contributed by atoms with van der Waals surface area (Å²) in [6.45, 7) is 8.21. The molecule has 2 aliphatic rings. The van der Waals surface area contributed by atoms with Crippen molar-refractivity contribution in [3.8, 4) is 17.6 Å². The summed E-state index contributed by atoms with van der Waals surface area (Å²) in [7, 11) is 0. The minimum absolute atomic E-state index is 0.0468. The van der Waals surface area contributed by atoms with Crippen molar-refractivity contribution < 1.29 is 29.0 Å². The van der Waals surface area contributed by atoms with E-state index in [9.17, 15) is 19.8 Å². The third kappa shape index (κ3) is 6.89. The van der Waals surface area contributed by atoms with E-state index >= 15 is 0 Å². The van der Waals surface area contributed by atoms with Gasteiger partial charge in [-0.25, -0.2) is 4.79 Å². The minimum atomic E-state index is -1.06. The number of ether oxygens (including phenoxy) is 1. The van der Waals surface area contributed by atoms with Crippen molar-refractivity contribution in [3.63, 3.8) is 0 Å². The lowest BCUT2D eigenvalue weighted by Crippen LogP contribution is -2.50. The second kappa shape index (κ2) is 11.4. The number of rotatable bonds is 7. The van der Waals surface area contributed by atoms with Crippen LogP contribution in [0.25, 0.3) is 0 Å². The van der Waals surface area contributed by atoms with Crippen molar-refractivity contribution in [1.82, 2.24) is 0 Å². The summed E-state index contributed by atoms with van der Waals surface area (Å²) in [5, 5.41) is 21.2. The predicted octanol–water partition coefficient (Wildman–Crippen LogP) is 6.27. The van der Waals surface area contributed by atoms with Crippen LogP contribution in [0.4, 0.5) is 5.69 Å². The smallest absolute Gasteiger partial charge is 0.348 e. The molecule has 0 aromatic carbocycles. The van der Waals surface area contributed by atoms with Crippen molar-refractivity contribution in [3.05, 3.63) is 46.1 Å². The molecule has 1 amide bonds. The van der Waals surface area contributed by atoms with Gasteiger partial charge in [-0.3, -0.25) is 4.79 Å². The van der Waals surface area contributed by atoms with E-state index in [-0.39, 0.29) is 34.8 Å². The third-order valence-electron chi connectivity index (χ3n) is 7.21. The monoisotopic (exact) mass is 539 g/mol. The van der Waals surface area contributed by atoms with Crippen LogP contribution in [-0.2, 0) is 4.79 Å². The Morgan fingerprint density at radius 3 is 2.58 bits per heavy atom. The molecule has 204 valence electrons. The Hall–Kier alpha value is -3.02. The summed E-state index contributed by atoms with van der Waals surface area (Å²) in [4.78, 5) is 28.8. The molecule has 1 fully saturated rings. The van der Waals surface area contributed by atoms with Gasteiger partial charge >= 0.3 is 5.97 Å². The number of anilines is 1. The molecule has 38 heavy (non-hydrogen) atoms. The second-order valence-electron chi connectivity index (χ2n) is 11.6. The topological polar surface area (TPSA) is 100 Å². The van der Waals surface area contributed by atoms with E-state index in [1.54, 1.807) is 17.0 Å². The fourth-order valence-corrected chi connectivity index (χ4v) is 5.84. The molecule has 0 aliphatic heterocycles. The first kappa shape index (κ1) is 28.0. The van der Waals surface area contributed by atoms with E-state index in [2.05, 4.69) is 24.8 Å². The van der Waals surface area contributed by atoms with Gasteiger partial charge in [0.2, 0.25) is 5.91 Å². The number of thiophene rings is 1. The molecule has 0 radical (unpaired) electrons. The number of carboxylic acid groups (broad SMARTS) is 1. The van der Waals surface area contributed by atoms with E-state index in [1.165, 1.54) is 18.1 Å². The summed E-state index contributed by atoms with van der Waals surface area (Å²) < 4.78 is 10.7. The number of aromatic carboxylic acids is 1. The Balaban J connectivity index is 1.62. The van der Waals surface area contributed by atoms with Crippen LogP contribution < -0.4 is 9.64 Å². The molecule has 2 N–H and O–H groups in total. The van der Waals surface area contributed by atoms with Crippen molar-refractivity contribution in [2.24, 2.45) is 11.3 Å². The molecule has 2 heterocycles. The molecule has 0 unspecified atom stereocenters. The first-order valence-corrected chi connectivity index (χ1v) is 14.0. The fraction of sp³-hybridized carbons (Fsp3) is 0.533. The molecule has 1 atom stereocenters. The lowest BCUT2D eigenvalue weighted by atomic mass is 9.81. The molecule has 4 rings (SSSR count). The van der Waals surface area contributed by atoms with Gasteiger partial charge < -0.3 is 24.3 Å². The number of hydrogen-bond donors (Lipinski definition) is 2. The van der Waals surface area contributed by atoms with Crippen LogP contribution in [0.5, 0.6) is 5.75 Å². The van der Waals surface area contributed by atoms with Crippen molar-refractivity contribution in [1.29, 1.82) is 0 Å². The lowest BCUT2D eigenvalue weighted by Gasteiger charge is -2.41. The average Bonchev–Trinajstić information content (AvgIpc) is 3.53. The highest BCUT2D eigenvalue weighted by Crippen LogP contribution is 2.40. The summed E-state index contributed by atoms with van der Waals surface area (Å²) in [6, 6.07) is 3.23. The van der Waals surface area contributed by atoms with E-state index in [0.717, 1.165) is 24.2 Å². The SMILES string of the molecule is CC1=CC[C@H](C(=O)N(c2cc(C#CC(C)(C)C)sc2C(=O)O)[C@H]2CC[C@@](O)(COc3ccoc3)CC2)CC1. The largest absolute Gasteiger partial charge is 0.487 e. The first-order chi connectivity index (χ1) is 17.9. The zero-order valence-corrected chi connectivity index (χ0v) is 23.4. The maximum atomic E-state index is 14.0. The Bertz CT molecular complexity index is 1230. The molecule has 2 aromatic rings. The maximum absolute atomic E-state index is 14.0. The molecule has 7 nitrogen and oxygen atoms in total. The number of carbonyl (C=O) groups excluding carboxylic acids is 1. The molecule has 0 spiro atoms. The number of furan rings is 1. The van der Waals surface area contributed by atoms with Gasteiger partial charge in [-0.1, -0.05) is 23.5 Å². The molecule has 8 heteroatoms. The number of nitrogens with zero attached hydrogens (tertiary/aromatic N) is 1. The third-order valence-corrected chi connectivity index (χ3v) is 8.23. The summed E-state index contributed by atoms with van der Waals surface area (Å²) in [6.07, 6.45) is 9.32. The first-order valence-electron chi connectivity index (χ1n) is 13.2. The van der Waals surface area contributed by atoms with E-state index in [4.69, 9.17) is 9.15 Å². The van der Waals surface area contributed by atoms with Gasteiger partial charge in [0, 0.05) is 23.4 Å². The van der Waals surface area contributed by atoms with Crippen LogP contribution in [-0.4, -0.2) is 40.3 Å². The van der Waals surface area contributed by atoms with Crippen LogP contribution in [0, 0.1) is 23.2 Å². The molecule has 2 aromatic heterocycles. The Kier molecular flexibility index (Phi) is 8.39. The molecule has 0 saturated heterocycles. The van der Waals surface area contributed by atoms with Gasteiger partial charge in [-0.05, 0) is 78.7 Å². The number of hydrogen-bond acceptors (Lipinski definition) is 6. The Morgan fingerprint density at radius 2 is 2.00 bits per heavy atom. The van der Waals surface area contributed by atoms with Gasteiger partial charge in [0.05, 0.1) is 22.4 Å². The summed E-state index contributed by atoms with van der Waals surface area (Å²) >= 11 is 1.11. The zero-order chi connectivity index (χ0) is 27.5. The van der Waals surface area contributed by atoms with Crippen LogP contribution >= 0.6 is 11.3 Å². The fourth-order valence-electron chi connectivity index (χ4n) is 5.00. The van der Waals surface area contributed by atoms with Crippen molar-refractivity contribution >= 4 is 28.9 Å². The van der Waals surface area contributed by atoms with Gasteiger partial charge in [0.25, 0.3) is 0 Å². The van der Waals surface area contributed by atoms with E-state index in [0.29, 0.717) is 48.4 Å². The summed E-state index contributed by atoms with van der Waals surface area (Å²) in [5.41, 5.74) is 0.437. The Morgan fingerprint density at radius 1 is 1.26 bits per heavy atom. The van der Waals surface area contributed by atoms with Crippen LogP contribution in [0.3, 0.4) is 0 Å². The van der Waals surface area contributed by atoms with Crippen molar-refractivity contribution in [2.75, 3.05) is 11.5 Å². The van der Waals surface area contributed by atoms with E-state index in [1.807, 2.05) is 20.8 Å². The molecular weight excluding hydrogens is 502 g/mol. The van der Waals surface area contributed by atoms with Gasteiger partial charge in [-0.2, -0.15) is 0 Å². The molecule has 1 saturated carbocycles. The second-order valence-corrected chi connectivity index (χ2v) is 12.6. The normalized spacial score (nSPS) is 23.7. The van der Waals surface area contributed by atoms with Gasteiger partial charge in [0.15, 0.2) is 5.75 Å². The lowest BCUT2D eigenvalue weighted by molar-refractivity contribution is -0.123. The predicted molar refractivity (Wildman–Crippen MR) is 148 cm³/mol. The van der Waals surface area contributed by atoms with E-state index < -0.39 is 11.6 Å². The quantitative estimate of drug-likeness (QED) is 0.318. The number of amides is 1. The number of carbonyl (C=O) groups is 2.